The molecule has 29 heavy (non-hydrogen) atoms. The van der Waals surface area contributed by atoms with Crippen LogP contribution in [0.25, 0.3) is 0 Å². The van der Waals surface area contributed by atoms with Crippen LogP contribution < -0.4 is 10.2 Å². The number of hydrogen-bond donors (Lipinski definition) is 1. The lowest BCUT2D eigenvalue weighted by molar-refractivity contribution is -0.130. The molecule has 0 atom stereocenters. The van der Waals surface area contributed by atoms with Gasteiger partial charge in [-0.2, -0.15) is 0 Å². The van der Waals surface area contributed by atoms with Gasteiger partial charge in [0.15, 0.2) is 5.13 Å². The monoisotopic (exact) mass is 408 g/mol. The lowest BCUT2D eigenvalue weighted by Gasteiger charge is -2.36. The van der Waals surface area contributed by atoms with E-state index in [1.54, 1.807) is 0 Å². The maximum atomic E-state index is 12.7. The molecule has 1 aliphatic heterocycles. The Balaban J connectivity index is 1.31. The third kappa shape index (κ3) is 4.89. The summed E-state index contributed by atoms with van der Waals surface area (Å²) in [5.74, 6) is 0.656. The molecule has 1 aromatic carbocycles. The predicted molar refractivity (Wildman–Crippen MR) is 116 cm³/mol. The first-order chi connectivity index (χ1) is 14.1. The molecular weight excluding hydrogens is 384 g/mol. The highest BCUT2D eigenvalue weighted by atomic mass is 32.1. The minimum absolute atomic E-state index is 0.122. The minimum Gasteiger partial charge on any atom is -0.368 e. The summed E-state index contributed by atoms with van der Waals surface area (Å²) < 4.78 is 0. The Morgan fingerprint density at radius 3 is 2.41 bits per heavy atom. The fraction of sp³-hybridized carbons (Fsp3) is 0.333. The highest BCUT2D eigenvalue weighted by molar-refractivity contribution is 7.13. The number of rotatable bonds is 5. The third-order valence-corrected chi connectivity index (χ3v) is 5.65. The Labute approximate surface area is 174 Å². The zero-order valence-electron chi connectivity index (χ0n) is 16.6. The van der Waals surface area contributed by atoms with E-state index in [2.05, 4.69) is 37.3 Å². The summed E-state index contributed by atoms with van der Waals surface area (Å²) in [5, 5.41) is 5.76. The summed E-state index contributed by atoms with van der Waals surface area (Å²) in [7, 11) is 0. The number of aromatic nitrogens is 3. The first-order valence-electron chi connectivity index (χ1n) is 9.68. The smallest absolute Gasteiger partial charge is 0.229 e. The van der Waals surface area contributed by atoms with Crippen molar-refractivity contribution in [3.8, 4) is 0 Å². The van der Waals surface area contributed by atoms with Crippen LogP contribution in [0.15, 0.2) is 41.8 Å². The van der Waals surface area contributed by atoms with E-state index in [0.717, 1.165) is 43.3 Å². The summed E-state index contributed by atoms with van der Waals surface area (Å²) in [5.41, 5.74) is 3.80. The standard InChI is InChI=1S/C21H24N6OS/c1-15-12-16(2)23-20(22-15)25-21-24-17(14-29-21)13-19(28)27-10-8-26(9-11-27)18-6-4-3-5-7-18/h3-7,12,14H,8-11,13H2,1-2H3,(H,22,23,24,25). The zero-order chi connectivity index (χ0) is 20.2. The Morgan fingerprint density at radius 2 is 1.72 bits per heavy atom. The molecule has 1 N–H and O–H groups in total. The maximum absolute atomic E-state index is 12.7. The summed E-state index contributed by atoms with van der Waals surface area (Å²) in [6.45, 7) is 7.04. The maximum Gasteiger partial charge on any atom is 0.229 e. The minimum atomic E-state index is 0.122. The molecule has 0 aliphatic carbocycles. The van der Waals surface area contributed by atoms with Gasteiger partial charge in [0.05, 0.1) is 12.1 Å². The molecule has 0 saturated carbocycles. The molecule has 2 aromatic heterocycles. The van der Waals surface area contributed by atoms with Crippen molar-refractivity contribution >= 4 is 34.0 Å². The molecular formula is C21H24N6OS. The number of nitrogens with one attached hydrogen (secondary N) is 1. The molecule has 8 heteroatoms. The number of hydrogen-bond acceptors (Lipinski definition) is 7. The number of piperazine rings is 1. The molecule has 0 bridgehead atoms. The van der Waals surface area contributed by atoms with Crippen LogP contribution in [0.1, 0.15) is 17.1 Å². The van der Waals surface area contributed by atoms with Crippen LogP contribution >= 0.6 is 11.3 Å². The molecule has 3 aromatic rings. The van der Waals surface area contributed by atoms with Gasteiger partial charge < -0.3 is 15.1 Å². The zero-order valence-corrected chi connectivity index (χ0v) is 17.4. The largest absolute Gasteiger partial charge is 0.368 e. The number of benzene rings is 1. The van der Waals surface area contributed by atoms with E-state index in [9.17, 15) is 4.79 Å². The van der Waals surface area contributed by atoms with Gasteiger partial charge in [0.1, 0.15) is 0 Å². The van der Waals surface area contributed by atoms with Gasteiger partial charge in [0.2, 0.25) is 11.9 Å². The molecule has 1 fully saturated rings. The van der Waals surface area contributed by atoms with E-state index in [1.165, 1.54) is 17.0 Å². The number of para-hydroxylation sites is 1. The van der Waals surface area contributed by atoms with Gasteiger partial charge >= 0.3 is 0 Å². The molecule has 7 nitrogen and oxygen atoms in total. The van der Waals surface area contributed by atoms with Crippen LogP contribution in [0.3, 0.4) is 0 Å². The first kappa shape index (κ1) is 19.3. The van der Waals surface area contributed by atoms with Crippen LogP contribution in [-0.2, 0) is 11.2 Å². The predicted octanol–water partition coefficient (Wildman–Crippen LogP) is 3.18. The normalized spacial score (nSPS) is 14.1. The molecule has 0 radical (unpaired) electrons. The average Bonchev–Trinajstić information content (AvgIpc) is 3.14. The second-order valence-electron chi connectivity index (χ2n) is 7.12. The van der Waals surface area contributed by atoms with Crippen molar-refractivity contribution in [3.05, 3.63) is 58.9 Å². The SMILES string of the molecule is Cc1cc(C)nc(Nc2nc(CC(=O)N3CCN(c4ccccc4)CC3)cs2)n1. The van der Waals surface area contributed by atoms with Crippen molar-refractivity contribution in [3.63, 3.8) is 0 Å². The number of carbonyl (C=O) groups excluding carboxylic acids is 1. The van der Waals surface area contributed by atoms with E-state index in [0.29, 0.717) is 17.5 Å². The topological polar surface area (TPSA) is 74.2 Å². The van der Waals surface area contributed by atoms with E-state index in [1.807, 2.05) is 48.4 Å². The van der Waals surface area contributed by atoms with E-state index in [-0.39, 0.29) is 5.91 Å². The molecule has 0 unspecified atom stereocenters. The molecule has 1 amide bonds. The number of carbonyl (C=O) groups is 1. The van der Waals surface area contributed by atoms with Crippen molar-refractivity contribution in [1.29, 1.82) is 0 Å². The Bertz CT molecular complexity index is 962. The number of anilines is 3. The van der Waals surface area contributed by atoms with E-state index in [4.69, 9.17) is 0 Å². The van der Waals surface area contributed by atoms with E-state index >= 15 is 0 Å². The fourth-order valence-corrected chi connectivity index (χ4v) is 4.15. The van der Waals surface area contributed by atoms with Crippen LogP contribution in [0.2, 0.25) is 0 Å². The molecule has 1 aliphatic rings. The third-order valence-electron chi connectivity index (χ3n) is 4.84. The summed E-state index contributed by atoms with van der Waals surface area (Å²) in [4.78, 5) is 30.2. The Kier molecular flexibility index (Phi) is 5.71. The van der Waals surface area contributed by atoms with Crippen molar-refractivity contribution in [1.82, 2.24) is 19.9 Å². The summed E-state index contributed by atoms with van der Waals surface area (Å²) in [6.07, 6.45) is 0.317. The summed E-state index contributed by atoms with van der Waals surface area (Å²) in [6, 6.07) is 12.3. The molecule has 3 heterocycles. The summed E-state index contributed by atoms with van der Waals surface area (Å²) >= 11 is 1.46. The van der Waals surface area contributed by atoms with Crippen molar-refractivity contribution in [2.24, 2.45) is 0 Å². The second-order valence-corrected chi connectivity index (χ2v) is 7.98. The fourth-order valence-electron chi connectivity index (χ4n) is 3.44. The van der Waals surface area contributed by atoms with Gasteiger partial charge in [-0.05, 0) is 32.0 Å². The van der Waals surface area contributed by atoms with Crippen molar-refractivity contribution in [2.45, 2.75) is 20.3 Å². The van der Waals surface area contributed by atoms with Gasteiger partial charge in [-0.25, -0.2) is 15.0 Å². The Hall–Kier alpha value is -3.00. The van der Waals surface area contributed by atoms with Crippen LogP contribution in [0.4, 0.5) is 16.8 Å². The lowest BCUT2D eigenvalue weighted by atomic mass is 10.2. The highest BCUT2D eigenvalue weighted by Gasteiger charge is 2.22. The quantitative estimate of drug-likeness (QED) is 0.699. The first-order valence-corrected chi connectivity index (χ1v) is 10.6. The van der Waals surface area contributed by atoms with E-state index < -0.39 is 0 Å². The van der Waals surface area contributed by atoms with Gasteiger partial charge in [0.25, 0.3) is 0 Å². The van der Waals surface area contributed by atoms with Crippen molar-refractivity contribution in [2.75, 3.05) is 36.4 Å². The van der Waals surface area contributed by atoms with Gasteiger partial charge in [-0.1, -0.05) is 18.2 Å². The highest BCUT2D eigenvalue weighted by Crippen LogP contribution is 2.21. The molecule has 0 spiro atoms. The number of aryl methyl sites for hydroxylation is 2. The Morgan fingerprint density at radius 1 is 1.03 bits per heavy atom. The van der Waals surface area contributed by atoms with Gasteiger partial charge in [0, 0.05) is 48.6 Å². The van der Waals surface area contributed by atoms with Gasteiger partial charge in [-0.15, -0.1) is 11.3 Å². The van der Waals surface area contributed by atoms with Crippen LogP contribution in [0, 0.1) is 13.8 Å². The second kappa shape index (κ2) is 8.57. The number of amides is 1. The van der Waals surface area contributed by atoms with Crippen molar-refractivity contribution < 1.29 is 4.79 Å². The van der Waals surface area contributed by atoms with Gasteiger partial charge in [-0.3, -0.25) is 4.79 Å². The average molecular weight is 409 g/mol. The lowest BCUT2D eigenvalue weighted by Crippen LogP contribution is -2.49. The van der Waals surface area contributed by atoms with Crippen LogP contribution in [-0.4, -0.2) is 51.9 Å². The molecule has 150 valence electrons. The van der Waals surface area contributed by atoms with Crippen LogP contribution in [0.5, 0.6) is 0 Å². The molecule has 1 saturated heterocycles. The number of nitrogens with zero attached hydrogens (tertiary/aromatic N) is 5. The molecule has 4 rings (SSSR count). The number of thiazole rings is 1.